The van der Waals surface area contributed by atoms with E-state index in [-0.39, 0.29) is 0 Å². The van der Waals surface area contributed by atoms with Gasteiger partial charge in [0.15, 0.2) is 0 Å². The minimum absolute atomic E-state index is 0.373. The molecule has 0 aliphatic rings. The number of unbranched alkanes of at least 4 members (excludes halogenated alkanes) is 20. The van der Waals surface area contributed by atoms with Crippen LogP contribution < -0.4 is 5.32 Å². The lowest BCUT2D eigenvalue weighted by molar-refractivity contribution is -0.132. The van der Waals surface area contributed by atoms with Crippen molar-refractivity contribution in [2.24, 2.45) is 0 Å². The van der Waals surface area contributed by atoms with Crippen molar-refractivity contribution < 1.29 is 25.2 Å². The molecule has 0 aliphatic heterocycles. The molecule has 6 nitrogen and oxygen atoms in total. The van der Waals surface area contributed by atoms with Gasteiger partial charge in [-0.2, -0.15) is 0 Å². The number of aliphatic hydroxyl groups excluding tert-OH is 4. The summed E-state index contributed by atoms with van der Waals surface area (Å²) in [5.41, 5.74) is 0. The SMILES string of the molecule is CCCCCCCCCCCCCC[C@@H](O)[C@@H](O)[C@H](CO)NC(=O)C(O)CCCCCCCCCCCC. The predicted molar refractivity (Wildman–Crippen MR) is 159 cm³/mol. The minimum atomic E-state index is -1.25. The summed E-state index contributed by atoms with van der Waals surface area (Å²) in [4.78, 5) is 12.3. The first-order valence-corrected chi connectivity index (χ1v) is 16.4. The van der Waals surface area contributed by atoms with Crippen LogP contribution in [0.3, 0.4) is 0 Å². The van der Waals surface area contributed by atoms with Gasteiger partial charge in [0.2, 0.25) is 5.91 Å². The second-order valence-corrected chi connectivity index (χ2v) is 11.5. The maximum absolute atomic E-state index is 12.3. The Labute approximate surface area is 235 Å². The standard InChI is InChI=1S/C32H65NO5/c1-3-5-7-9-11-13-15-16-18-19-21-23-25-29(35)31(37)28(27-34)33-32(38)30(36)26-24-22-20-17-14-12-10-8-6-4-2/h28-31,34-37H,3-27H2,1-2H3,(H,33,38)/t28-,29+,30?,31-/m0/s1. The van der Waals surface area contributed by atoms with Gasteiger partial charge in [-0.25, -0.2) is 0 Å². The average Bonchev–Trinajstić information content (AvgIpc) is 2.92. The van der Waals surface area contributed by atoms with Gasteiger partial charge in [-0.3, -0.25) is 4.79 Å². The fourth-order valence-corrected chi connectivity index (χ4v) is 5.11. The Bertz CT molecular complexity index is 504. The van der Waals surface area contributed by atoms with Gasteiger partial charge < -0.3 is 25.7 Å². The molecule has 6 heteroatoms. The Hall–Kier alpha value is -0.690. The molecule has 1 amide bonds. The Morgan fingerprint density at radius 3 is 1.26 bits per heavy atom. The van der Waals surface area contributed by atoms with Gasteiger partial charge in [0, 0.05) is 0 Å². The Kier molecular flexibility index (Phi) is 27.4. The Morgan fingerprint density at radius 2 is 0.895 bits per heavy atom. The maximum atomic E-state index is 12.3. The maximum Gasteiger partial charge on any atom is 0.249 e. The smallest absolute Gasteiger partial charge is 0.249 e. The Morgan fingerprint density at radius 1 is 0.553 bits per heavy atom. The number of hydrogen-bond acceptors (Lipinski definition) is 5. The third-order valence-electron chi connectivity index (χ3n) is 7.82. The number of hydrogen-bond donors (Lipinski definition) is 5. The van der Waals surface area contributed by atoms with Crippen LogP contribution in [0.25, 0.3) is 0 Å². The van der Waals surface area contributed by atoms with Crippen molar-refractivity contribution in [1.82, 2.24) is 5.32 Å². The number of nitrogens with one attached hydrogen (secondary N) is 1. The lowest BCUT2D eigenvalue weighted by Gasteiger charge is -2.27. The quantitative estimate of drug-likeness (QED) is 0.0656. The molecule has 4 atom stereocenters. The zero-order chi connectivity index (χ0) is 28.3. The summed E-state index contributed by atoms with van der Waals surface area (Å²) in [5, 5.41) is 43.2. The first kappa shape index (κ1) is 37.3. The van der Waals surface area contributed by atoms with Crippen molar-refractivity contribution >= 4 is 5.91 Å². The van der Waals surface area contributed by atoms with Gasteiger partial charge in [0.05, 0.1) is 18.8 Å². The van der Waals surface area contributed by atoms with E-state index in [2.05, 4.69) is 19.2 Å². The highest BCUT2D eigenvalue weighted by molar-refractivity contribution is 5.80. The third kappa shape index (κ3) is 22.2. The second-order valence-electron chi connectivity index (χ2n) is 11.5. The largest absolute Gasteiger partial charge is 0.394 e. The number of rotatable bonds is 29. The Balaban J connectivity index is 3.87. The van der Waals surface area contributed by atoms with Gasteiger partial charge in [-0.05, 0) is 12.8 Å². The molecular formula is C32H65NO5. The van der Waals surface area contributed by atoms with E-state index in [9.17, 15) is 25.2 Å². The molecule has 228 valence electrons. The molecule has 38 heavy (non-hydrogen) atoms. The summed E-state index contributed by atoms with van der Waals surface area (Å²) >= 11 is 0. The van der Waals surface area contributed by atoms with Crippen molar-refractivity contribution in [2.75, 3.05) is 6.61 Å². The fraction of sp³-hybridized carbons (Fsp3) is 0.969. The van der Waals surface area contributed by atoms with Gasteiger partial charge in [0.1, 0.15) is 12.2 Å². The van der Waals surface area contributed by atoms with Crippen molar-refractivity contribution in [3.05, 3.63) is 0 Å². The normalized spacial score (nSPS) is 14.8. The van der Waals surface area contributed by atoms with E-state index < -0.39 is 36.9 Å². The molecule has 0 aromatic rings. The molecule has 5 N–H and O–H groups in total. The van der Waals surface area contributed by atoms with Crippen molar-refractivity contribution in [3.8, 4) is 0 Å². The predicted octanol–water partition coefficient (Wildman–Crippen LogP) is 6.95. The topological polar surface area (TPSA) is 110 Å². The number of carbonyl (C=O) groups is 1. The van der Waals surface area contributed by atoms with Crippen LogP contribution in [0.4, 0.5) is 0 Å². The van der Waals surface area contributed by atoms with Gasteiger partial charge in [-0.1, -0.05) is 155 Å². The molecule has 0 saturated carbocycles. The number of carbonyl (C=O) groups excluding carboxylic acids is 1. The molecule has 0 heterocycles. The minimum Gasteiger partial charge on any atom is -0.394 e. The molecule has 0 bridgehead atoms. The van der Waals surface area contributed by atoms with Crippen molar-refractivity contribution in [3.63, 3.8) is 0 Å². The first-order valence-electron chi connectivity index (χ1n) is 16.4. The van der Waals surface area contributed by atoms with Gasteiger partial charge in [-0.15, -0.1) is 0 Å². The highest BCUT2D eigenvalue weighted by Crippen LogP contribution is 2.15. The molecule has 0 aromatic heterocycles. The highest BCUT2D eigenvalue weighted by atomic mass is 16.3. The third-order valence-corrected chi connectivity index (χ3v) is 7.82. The molecule has 1 unspecified atom stereocenters. The van der Waals surface area contributed by atoms with E-state index in [1.54, 1.807) is 0 Å². The van der Waals surface area contributed by atoms with Crippen LogP contribution in [0.5, 0.6) is 0 Å². The van der Waals surface area contributed by atoms with Crippen LogP contribution in [0, 0.1) is 0 Å². The molecule has 0 saturated heterocycles. The van der Waals surface area contributed by atoms with E-state index in [1.165, 1.54) is 103 Å². The van der Waals surface area contributed by atoms with Gasteiger partial charge in [0.25, 0.3) is 0 Å². The van der Waals surface area contributed by atoms with E-state index in [0.29, 0.717) is 12.8 Å². The van der Waals surface area contributed by atoms with Crippen LogP contribution in [0.2, 0.25) is 0 Å². The van der Waals surface area contributed by atoms with Crippen LogP contribution >= 0.6 is 0 Å². The first-order chi connectivity index (χ1) is 18.5. The summed E-state index contributed by atoms with van der Waals surface area (Å²) in [6.07, 6.45) is 24.1. The zero-order valence-electron chi connectivity index (χ0n) is 25.2. The molecule has 0 aromatic carbocycles. The van der Waals surface area contributed by atoms with Crippen LogP contribution in [0.1, 0.15) is 168 Å². The lowest BCUT2D eigenvalue weighted by atomic mass is 9.99. The second kappa shape index (κ2) is 27.9. The molecule has 0 fully saturated rings. The molecule has 0 rings (SSSR count). The highest BCUT2D eigenvalue weighted by Gasteiger charge is 2.28. The summed E-state index contributed by atoms with van der Waals surface area (Å²) < 4.78 is 0. The van der Waals surface area contributed by atoms with Crippen LogP contribution in [0.15, 0.2) is 0 Å². The van der Waals surface area contributed by atoms with E-state index in [4.69, 9.17) is 0 Å². The fourth-order valence-electron chi connectivity index (χ4n) is 5.11. The van der Waals surface area contributed by atoms with E-state index in [0.717, 1.165) is 38.5 Å². The summed E-state index contributed by atoms with van der Waals surface area (Å²) in [6.45, 7) is 3.99. The van der Waals surface area contributed by atoms with Crippen molar-refractivity contribution in [2.45, 2.75) is 192 Å². The van der Waals surface area contributed by atoms with Gasteiger partial charge >= 0.3 is 0 Å². The lowest BCUT2D eigenvalue weighted by Crippen LogP contribution is -2.53. The number of amides is 1. The van der Waals surface area contributed by atoms with Crippen LogP contribution in [-0.4, -0.2) is 57.3 Å². The van der Waals surface area contributed by atoms with E-state index >= 15 is 0 Å². The molecule has 0 aliphatic carbocycles. The average molecular weight is 544 g/mol. The monoisotopic (exact) mass is 543 g/mol. The molecule has 0 spiro atoms. The summed E-state index contributed by atoms with van der Waals surface area (Å²) in [6, 6.07) is -0.975. The molecular weight excluding hydrogens is 478 g/mol. The van der Waals surface area contributed by atoms with Crippen molar-refractivity contribution in [1.29, 1.82) is 0 Å². The summed E-state index contributed by atoms with van der Waals surface area (Å²) in [7, 11) is 0. The van der Waals surface area contributed by atoms with Crippen LogP contribution in [-0.2, 0) is 4.79 Å². The zero-order valence-corrected chi connectivity index (χ0v) is 25.2. The summed E-state index contributed by atoms with van der Waals surface area (Å²) in [5.74, 6) is -0.586. The number of aliphatic hydroxyl groups is 4. The van der Waals surface area contributed by atoms with E-state index in [1.807, 2.05) is 0 Å². The molecule has 0 radical (unpaired) electrons.